The van der Waals surface area contributed by atoms with Crippen LogP contribution in [0.4, 0.5) is 0 Å². The molecule has 2 unspecified atom stereocenters. The zero-order valence-corrected chi connectivity index (χ0v) is 12.5. The molecule has 1 aromatic carbocycles. The molecule has 0 aromatic heterocycles. The maximum absolute atomic E-state index is 12.6. The summed E-state index contributed by atoms with van der Waals surface area (Å²) in [6.45, 7) is 3.02. The molecule has 1 saturated heterocycles. The van der Waals surface area contributed by atoms with Gasteiger partial charge in [0, 0.05) is 19.4 Å². The summed E-state index contributed by atoms with van der Waals surface area (Å²) >= 11 is 0. The average Bonchev–Trinajstić information content (AvgIpc) is 2.56. The number of amides is 2. The smallest absolute Gasteiger partial charge is 0.270 e. The second kappa shape index (κ2) is 6.27. The second-order valence-electron chi connectivity index (χ2n) is 5.53. The van der Waals surface area contributed by atoms with Gasteiger partial charge in [0.2, 0.25) is 5.91 Å². The van der Waals surface area contributed by atoms with Crippen molar-refractivity contribution in [3.8, 4) is 0 Å². The van der Waals surface area contributed by atoms with Crippen molar-refractivity contribution in [1.29, 1.82) is 0 Å². The summed E-state index contributed by atoms with van der Waals surface area (Å²) in [7, 11) is 0. The van der Waals surface area contributed by atoms with Crippen molar-refractivity contribution < 1.29 is 14.3 Å². The lowest BCUT2D eigenvalue weighted by atomic mass is 9.99. The lowest BCUT2D eigenvalue weighted by Gasteiger charge is -2.39. The van der Waals surface area contributed by atoms with E-state index in [1.54, 1.807) is 4.90 Å². The molecule has 1 aromatic rings. The molecular formula is C16H19N3O3. The van der Waals surface area contributed by atoms with Gasteiger partial charge in [-0.1, -0.05) is 30.3 Å². The Balaban J connectivity index is 1.76. The van der Waals surface area contributed by atoms with Crippen LogP contribution in [0.5, 0.6) is 0 Å². The van der Waals surface area contributed by atoms with Crippen LogP contribution in [0.1, 0.15) is 31.4 Å². The highest BCUT2D eigenvalue weighted by Gasteiger charge is 2.35. The summed E-state index contributed by atoms with van der Waals surface area (Å²) in [6.07, 6.45) is 0.563. The number of hydrazone groups is 1. The molecule has 2 atom stereocenters. The first kappa shape index (κ1) is 14.7. The van der Waals surface area contributed by atoms with Gasteiger partial charge in [0.05, 0.1) is 12.6 Å². The van der Waals surface area contributed by atoms with E-state index in [4.69, 9.17) is 4.74 Å². The molecule has 1 fully saturated rings. The predicted molar refractivity (Wildman–Crippen MR) is 81.1 cm³/mol. The van der Waals surface area contributed by atoms with E-state index in [2.05, 4.69) is 10.5 Å². The molecule has 0 spiro atoms. The molecule has 3 rings (SSSR count). The first-order valence-corrected chi connectivity index (χ1v) is 7.50. The van der Waals surface area contributed by atoms with Crippen LogP contribution >= 0.6 is 0 Å². The summed E-state index contributed by atoms with van der Waals surface area (Å²) < 4.78 is 5.86. The largest absolute Gasteiger partial charge is 0.370 e. The molecule has 0 radical (unpaired) electrons. The van der Waals surface area contributed by atoms with Gasteiger partial charge >= 0.3 is 0 Å². The first-order chi connectivity index (χ1) is 10.7. The van der Waals surface area contributed by atoms with Crippen molar-refractivity contribution in [1.82, 2.24) is 10.3 Å². The lowest BCUT2D eigenvalue weighted by molar-refractivity contribution is -0.138. The predicted octanol–water partition coefficient (Wildman–Crippen LogP) is 1.24. The van der Waals surface area contributed by atoms with Crippen LogP contribution in [-0.2, 0) is 14.3 Å². The Labute approximate surface area is 129 Å². The Bertz CT molecular complexity index is 600. The molecule has 2 aliphatic rings. The number of nitrogens with zero attached hydrogens (tertiary/aromatic N) is 2. The van der Waals surface area contributed by atoms with Crippen molar-refractivity contribution in [2.24, 2.45) is 5.10 Å². The van der Waals surface area contributed by atoms with Crippen LogP contribution in [0.15, 0.2) is 35.4 Å². The second-order valence-corrected chi connectivity index (χ2v) is 5.53. The van der Waals surface area contributed by atoms with Gasteiger partial charge < -0.3 is 9.64 Å². The number of carbonyl (C=O) groups excluding carboxylic acids is 2. The quantitative estimate of drug-likeness (QED) is 0.893. The summed E-state index contributed by atoms with van der Waals surface area (Å²) in [5.74, 6) is -0.259. The van der Waals surface area contributed by atoms with Gasteiger partial charge in [-0.2, -0.15) is 5.10 Å². The molecule has 116 valence electrons. The number of hydrogen-bond donors (Lipinski definition) is 1. The summed E-state index contributed by atoms with van der Waals surface area (Å²) in [5.41, 5.74) is 3.86. The summed E-state index contributed by atoms with van der Waals surface area (Å²) in [6, 6.07) is 9.82. The molecule has 0 bridgehead atoms. The minimum atomic E-state index is -0.145. The van der Waals surface area contributed by atoms with Gasteiger partial charge in [0.1, 0.15) is 11.8 Å². The molecule has 2 aliphatic heterocycles. The third-order valence-electron chi connectivity index (χ3n) is 4.10. The molecule has 1 N–H and O–H groups in total. The van der Waals surface area contributed by atoms with E-state index >= 15 is 0 Å². The van der Waals surface area contributed by atoms with Crippen LogP contribution in [0.3, 0.4) is 0 Å². The third-order valence-corrected chi connectivity index (χ3v) is 4.10. The number of rotatable bonds is 2. The number of carbonyl (C=O) groups is 2. The molecule has 6 nitrogen and oxygen atoms in total. The number of hydrogen-bond acceptors (Lipinski definition) is 4. The van der Waals surface area contributed by atoms with Crippen molar-refractivity contribution in [3.63, 3.8) is 0 Å². The van der Waals surface area contributed by atoms with Crippen LogP contribution in [0, 0.1) is 0 Å². The van der Waals surface area contributed by atoms with Gasteiger partial charge in [-0.25, -0.2) is 5.43 Å². The van der Waals surface area contributed by atoms with Gasteiger partial charge in [0.15, 0.2) is 0 Å². The fraction of sp³-hybridized carbons (Fsp3) is 0.438. The Morgan fingerprint density at radius 1 is 1.32 bits per heavy atom. The number of nitrogens with one attached hydrogen (secondary N) is 1. The average molecular weight is 301 g/mol. The Hall–Kier alpha value is -2.21. The van der Waals surface area contributed by atoms with Crippen LogP contribution in [-0.4, -0.2) is 41.6 Å². The van der Waals surface area contributed by atoms with Crippen molar-refractivity contribution in [3.05, 3.63) is 35.9 Å². The maximum atomic E-state index is 12.6. The molecule has 2 heterocycles. The topological polar surface area (TPSA) is 71.0 Å². The van der Waals surface area contributed by atoms with Crippen LogP contribution < -0.4 is 5.43 Å². The van der Waals surface area contributed by atoms with Gasteiger partial charge in [-0.15, -0.1) is 0 Å². The monoisotopic (exact) mass is 301 g/mol. The fourth-order valence-electron chi connectivity index (χ4n) is 2.88. The van der Waals surface area contributed by atoms with Crippen LogP contribution in [0.2, 0.25) is 0 Å². The minimum Gasteiger partial charge on any atom is -0.370 e. The Kier molecular flexibility index (Phi) is 4.20. The Morgan fingerprint density at radius 2 is 2.09 bits per heavy atom. The normalized spacial score (nSPS) is 25.4. The van der Waals surface area contributed by atoms with E-state index in [-0.39, 0.29) is 24.0 Å². The lowest BCUT2D eigenvalue weighted by Crippen LogP contribution is -2.51. The van der Waals surface area contributed by atoms with E-state index in [0.29, 0.717) is 31.7 Å². The van der Waals surface area contributed by atoms with Gasteiger partial charge in [-0.3, -0.25) is 9.59 Å². The van der Waals surface area contributed by atoms with Gasteiger partial charge in [-0.05, 0) is 12.5 Å². The molecule has 22 heavy (non-hydrogen) atoms. The standard InChI is InChI=1S/C16H19N3O3/c1-11-15(12-5-3-2-4-6-12)22-10-9-19(11)16(21)13-7-8-14(20)18-17-13/h2-6,11,15H,7-10H2,1H3,(H,18,20). The zero-order valence-electron chi connectivity index (χ0n) is 12.5. The van der Waals surface area contributed by atoms with Crippen LogP contribution in [0.25, 0.3) is 0 Å². The zero-order chi connectivity index (χ0) is 15.5. The van der Waals surface area contributed by atoms with E-state index < -0.39 is 0 Å². The SMILES string of the molecule is CC1C(c2ccccc2)OCCN1C(=O)C1=NNC(=O)CC1. The number of morpholine rings is 1. The molecular weight excluding hydrogens is 282 g/mol. The van der Waals surface area contributed by atoms with Crippen molar-refractivity contribution in [2.45, 2.75) is 31.9 Å². The maximum Gasteiger partial charge on any atom is 0.270 e. The van der Waals surface area contributed by atoms with E-state index in [0.717, 1.165) is 5.56 Å². The molecule has 6 heteroatoms. The highest BCUT2D eigenvalue weighted by Crippen LogP contribution is 2.28. The highest BCUT2D eigenvalue weighted by atomic mass is 16.5. The van der Waals surface area contributed by atoms with Gasteiger partial charge in [0.25, 0.3) is 5.91 Å². The summed E-state index contributed by atoms with van der Waals surface area (Å²) in [5, 5.41) is 3.90. The fourth-order valence-corrected chi connectivity index (χ4v) is 2.88. The summed E-state index contributed by atoms with van der Waals surface area (Å²) in [4.78, 5) is 25.6. The Morgan fingerprint density at radius 3 is 2.77 bits per heavy atom. The minimum absolute atomic E-state index is 0.0796. The van der Waals surface area contributed by atoms with E-state index in [1.807, 2.05) is 37.3 Å². The van der Waals surface area contributed by atoms with Crippen molar-refractivity contribution in [2.75, 3.05) is 13.2 Å². The molecule has 0 aliphatic carbocycles. The number of ether oxygens (including phenoxy) is 1. The highest BCUT2D eigenvalue weighted by molar-refractivity contribution is 6.39. The van der Waals surface area contributed by atoms with E-state index in [9.17, 15) is 9.59 Å². The van der Waals surface area contributed by atoms with E-state index in [1.165, 1.54) is 0 Å². The number of benzene rings is 1. The van der Waals surface area contributed by atoms with Crippen molar-refractivity contribution >= 4 is 17.5 Å². The molecule has 2 amide bonds. The first-order valence-electron chi connectivity index (χ1n) is 7.50. The molecule has 0 saturated carbocycles. The third kappa shape index (κ3) is 2.87.